The van der Waals surface area contributed by atoms with E-state index in [2.05, 4.69) is 15.9 Å². The quantitative estimate of drug-likeness (QED) is 0.916. The zero-order valence-electron chi connectivity index (χ0n) is 9.34. The standard InChI is InChI=1S/C11H15BrN2O2S/c12-10-1-3-11(4-2-10)17(15,16)14-6-5-9(7-13)8-14/h1-4,9H,5-8,13H2/t9-/m1/s1. The number of rotatable bonds is 3. The second-order valence-corrected chi connectivity index (χ2v) is 7.06. The summed E-state index contributed by atoms with van der Waals surface area (Å²) in [6, 6.07) is 6.72. The molecule has 0 aliphatic carbocycles. The predicted molar refractivity (Wildman–Crippen MR) is 70.1 cm³/mol. The first-order chi connectivity index (χ1) is 8.04. The van der Waals surface area contributed by atoms with Gasteiger partial charge in [0.25, 0.3) is 0 Å². The molecule has 6 heteroatoms. The van der Waals surface area contributed by atoms with Crippen molar-refractivity contribution >= 4 is 26.0 Å². The lowest BCUT2D eigenvalue weighted by Crippen LogP contribution is -2.29. The molecule has 17 heavy (non-hydrogen) atoms. The van der Waals surface area contributed by atoms with Gasteiger partial charge in [0.15, 0.2) is 0 Å². The van der Waals surface area contributed by atoms with Gasteiger partial charge < -0.3 is 5.73 Å². The maximum Gasteiger partial charge on any atom is 0.243 e. The normalized spacial score (nSPS) is 21.9. The van der Waals surface area contributed by atoms with Crippen LogP contribution in [0.4, 0.5) is 0 Å². The van der Waals surface area contributed by atoms with Crippen LogP contribution < -0.4 is 5.73 Å². The third kappa shape index (κ3) is 2.70. The first-order valence-corrected chi connectivity index (χ1v) is 7.73. The van der Waals surface area contributed by atoms with Gasteiger partial charge in [-0.3, -0.25) is 0 Å². The van der Waals surface area contributed by atoms with Crippen LogP contribution in [-0.4, -0.2) is 32.4 Å². The van der Waals surface area contributed by atoms with E-state index >= 15 is 0 Å². The van der Waals surface area contributed by atoms with E-state index in [1.54, 1.807) is 24.3 Å². The summed E-state index contributed by atoms with van der Waals surface area (Å²) in [5.74, 6) is 0.292. The molecule has 0 spiro atoms. The average molecular weight is 319 g/mol. The summed E-state index contributed by atoms with van der Waals surface area (Å²) in [6.07, 6.45) is 0.853. The number of benzene rings is 1. The molecule has 4 nitrogen and oxygen atoms in total. The number of hydrogen-bond donors (Lipinski definition) is 1. The van der Waals surface area contributed by atoms with Crippen molar-refractivity contribution in [3.63, 3.8) is 0 Å². The van der Waals surface area contributed by atoms with E-state index in [9.17, 15) is 8.42 Å². The van der Waals surface area contributed by atoms with Crippen LogP contribution in [0.25, 0.3) is 0 Å². The van der Waals surface area contributed by atoms with Crippen molar-refractivity contribution in [2.75, 3.05) is 19.6 Å². The average Bonchev–Trinajstić information content (AvgIpc) is 2.78. The van der Waals surface area contributed by atoms with Crippen molar-refractivity contribution in [1.82, 2.24) is 4.31 Å². The zero-order valence-corrected chi connectivity index (χ0v) is 11.7. The van der Waals surface area contributed by atoms with E-state index < -0.39 is 10.0 Å². The highest BCUT2D eigenvalue weighted by molar-refractivity contribution is 9.10. The summed E-state index contributed by atoms with van der Waals surface area (Å²) in [5.41, 5.74) is 5.57. The second-order valence-electron chi connectivity index (χ2n) is 4.21. The molecule has 1 heterocycles. The molecule has 0 unspecified atom stereocenters. The highest BCUT2D eigenvalue weighted by Gasteiger charge is 2.31. The number of hydrogen-bond acceptors (Lipinski definition) is 3. The van der Waals surface area contributed by atoms with Gasteiger partial charge in [-0.25, -0.2) is 8.42 Å². The highest BCUT2D eigenvalue weighted by Crippen LogP contribution is 2.24. The molecule has 1 aromatic carbocycles. The smallest absolute Gasteiger partial charge is 0.243 e. The van der Waals surface area contributed by atoms with E-state index in [0.717, 1.165) is 10.9 Å². The monoisotopic (exact) mass is 318 g/mol. The van der Waals surface area contributed by atoms with Crippen molar-refractivity contribution in [3.05, 3.63) is 28.7 Å². The minimum Gasteiger partial charge on any atom is -0.330 e. The van der Waals surface area contributed by atoms with Gasteiger partial charge in [0.05, 0.1) is 4.90 Å². The van der Waals surface area contributed by atoms with Gasteiger partial charge in [-0.1, -0.05) is 15.9 Å². The number of sulfonamides is 1. The van der Waals surface area contributed by atoms with E-state index in [1.807, 2.05) is 0 Å². The molecule has 2 N–H and O–H groups in total. The molecule has 1 aliphatic heterocycles. The van der Waals surface area contributed by atoms with Gasteiger partial charge in [-0.2, -0.15) is 4.31 Å². The van der Waals surface area contributed by atoms with Crippen molar-refractivity contribution < 1.29 is 8.42 Å². The summed E-state index contributed by atoms with van der Waals surface area (Å²) >= 11 is 3.29. The Morgan fingerprint density at radius 3 is 2.53 bits per heavy atom. The first kappa shape index (κ1) is 13.0. The summed E-state index contributed by atoms with van der Waals surface area (Å²) in [7, 11) is -3.34. The van der Waals surface area contributed by atoms with Crippen LogP contribution in [0.15, 0.2) is 33.6 Å². The molecule has 1 saturated heterocycles. The fourth-order valence-corrected chi connectivity index (χ4v) is 3.76. The molecule has 94 valence electrons. The van der Waals surface area contributed by atoms with E-state index in [4.69, 9.17) is 5.73 Å². The van der Waals surface area contributed by atoms with Crippen LogP contribution in [0.5, 0.6) is 0 Å². The van der Waals surface area contributed by atoms with Gasteiger partial charge in [0, 0.05) is 17.6 Å². The molecule has 2 rings (SSSR count). The Bertz CT molecular complexity index is 487. The minimum absolute atomic E-state index is 0.292. The molecule has 0 aromatic heterocycles. The first-order valence-electron chi connectivity index (χ1n) is 5.50. The van der Waals surface area contributed by atoms with Crippen molar-refractivity contribution in [2.45, 2.75) is 11.3 Å². The largest absolute Gasteiger partial charge is 0.330 e. The van der Waals surface area contributed by atoms with Crippen molar-refractivity contribution in [1.29, 1.82) is 0 Å². The van der Waals surface area contributed by atoms with Gasteiger partial charge >= 0.3 is 0 Å². The molecular formula is C11H15BrN2O2S. The molecule has 0 saturated carbocycles. The lowest BCUT2D eigenvalue weighted by molar-refractivity contribution is 0.459. The summed E-state index contributed by atoms with van der Waals surface area (Å²) < 4.78 is 26.9. The summed E-state index contributed by atoms with van der Waals surface area (Å²) in [6.45, 7) is 1.65. The molecule has 0 amide bonds. The Labute approximate surface area is 110 Å². The molecule has 1 aromatic rings. The Morgan fingerprint density at radius 2 is 2.00 bits per heavy atom. The molecule has 1 aliphatic rings. The molecule has 1 fully saturated rings. The second kappa shape index (κ2) is 5.06. The van der Waals surface area contributed by atoms with Crippen LogP contribution in [-0.2, 0) is 10.0 Å². The van der Waals surface area contributed by atoms with Gasteiger partial charge in [0.1, 0.15) is 0 Å². The van der Waals surface area contributed by atoms with E-state index in [0.29, 0.717) is 30.4 Å². The molecule has 0 bridgehead atoms. The summed E-state index contributed by atoms with van der Waals surface area (Å²) in [5, 5.41) is 0. The third-order valence-electron chi connectivity index (χ3n) is 3.03. The lowest BCUT2D eigenvalue weighted by atomic mass is 10.1. The maximum absolute atomic E-state index is 12.3. The van der Waals surface area contributed by atoms with Gasteiger partial charge in [-0.05, 0) is 43.1 Å². The van der Waals surface area contributed by atoms with Gasteiger partial charge in [0.2, 0.25) is 10.0 Å². The Balaban J connectivity index is 2.22. The van der Waals surface area contributed by atoms with E-state index in [-0.39, 0.29) is 0 Å². The topological polar surface area (TPSA) is 63.4 Å². The van der Waals surface area contributed by atoms with E-state index in [1.165, 1.54) is 4.31 Å². The lowest BCUT2D eigenvalue weighted by Gasteiger charge is -2.16. The zero-order chi connectivity index (χ0) is 12.5. The van der Waals surface area contributed by atoms with Crippen LogP contribution in [0.3, 0.4) is 0 Å². The SMILES string of the molecule is NC[C@H]1CCN(S(=O)(=O)c2ccc(Br)cc2)C1. The fraction of sp³-hybridized carbons (Fsp3) is 0.455. The summed E-state index contributed by atoms with van der Waals surface area (Å²) in [4.78, 5) is 0.346. The predicted octanol–water partition coefficient (Wildman–Crippen LogP) is 1.42. The molecular weight excluding hydrogens is 304 g/mol. The Kier molecular flexibility index (Phi) is 3.87. The Hall–Kier alpha value is -0.430. The molecule has 0 radical (unpaired) electrons. The van der Waals surface area contributed by atoms with Gasteiger partial charge in [-0.15, -0.1) is 0 Å². The van der Waals surface area contributed by atoms with Crippen molar-refractivity contribution in [2.24, 2.45) is 11.7 Å². The van der Waals surface area contributed by atoms with Crippen LogP contribution in [0.1, 0.15) is 6.42 Å². The Morgan fingerprint density at radius 1 is 1.35 bits per heavy atom. The maximum atomic E-state index is 12.3. The third-order valence-corrected chi connectivity index (χ3v) is 5.44. The van der Waals surface area contributed by atoms with Crippen LogP contribution in [0.2, 0.25) is 0 Å². The number of nitrogens with zero attached hydrogens (tertiary/aromatic N) is 1. The minimum atomic E-state index is -3.34. The fourth-order valence-electron chi connectivity index (χ4n) is 1.96. The molecule has 1 atom stereocenters. The van der Waals surface area contributed by atoms with Crippen LogP contribution in [0, 0.1) is 5.92 Å². The van der Waals surface area contributed by atoms with Crippen molar-refractivity contribution in [3.8, 4) is 0 Å². The highest BCUT2D eigenvalue weighted by atomic mass is 79.9. The van der Waals surface area contributed by atoms with Crippen LogP contribution >= 0.6 is 15.9 Å². The number of nitrogens with two attached hydrogens (primary N) is 1. The number of halogens is 1.